The number of aldehydes is 1. The van der Waals surface area contributed by atoms with Crippen LogP contribution in [0.2, 0.25) is 0 Å². The summed E-state index contributed by atoms with van der Waals surface area (Å²) in [6, 6.07) is 9.49. The minimum atomic E-state index is -0.417. The van der Waals surface area contributed by atoms with Crippen LogP contribution in [-0.4, -0.2) is 34.1 Å². The van der Waals surface area contributed by atoms with Crippen LogP contribution in [-0.2, 0) is 0 Å². The Bertz CT molecular complexity index is 1050. The molecule has 29 heavy (non-hydrogen) atoms. The number of amides is 1. The first-order valence-electron chi connectivity index (χ1n) is 9.27. The van der Waals surface area contributed by atoms with Crippen molar-refractivity contribution in [1.29, 1.82) is 0 Å². The van der Waals surface area contributed by atoms with E-state index in [0.717, 1.165) is 6.29 Å². The highest BCUT2D eigenvalue weighted by Crippen LogP contribution is 2.43. The van der Waals surface area contributed by atoms with Gasteiger partial charge in [0, 0.05) is 18.2 Å². The van der Waals surface area contributed by atoms with Gasteiger partial charge >= 0.3 is 0 Å². The first-order valence-corrected chi connectivity index (χ1v) is 9.27. The molecule has 1 amide bonds. The molecule has 0 unspecified atom stereocenters. The highest BCUT2D eigenvalue weighted by molar-refractivity contribution is 6.02. The van der Waals surface area contributed by atoms with E-state index in [1.807, 2.05) is 13.8 Å². The minimum absolute atomic E-state index is 0.00421. The summed E-state index contributed by atoms with van der Waals surface area (Å²) in [7, 11) is 0. The number of phenols is 2. The van der Waals surface area contributed by atoms with Crippen LogP contribution in [0, 0.1) is 0 Å². The van der Waals surface area contributed by atoms with Gasteiger partial charge in [-0.05, 0) is 30.0 Å². The molecule has 3 aromatic rings. The minimum Gasteiger partial charge on any atom is -0.508 e. The van der Waals surface area contributed by atoms with Crippen molar-refractivity contribution in [2.75, 3.05) is 6.54 Å². The summed E-state index contributed by atoms with van der Waals surface area (Å²) in [4.78, 5) is 23.5. The van der Waals surface area contributed by atoms with Crippen molar-refractivity contribution >= 4 is 12.2 Å². The summed E-state index contributed by atoms with van der Waals surface area (Å²) in [6.07, 6.45) is 0.726. The van der Waals surface area contributed by atoms with Crippen LogP contribution in [0.1, 0.15) is 53.1 Å². The monoisotopic (exact) mass is 394 g/mol. The molecule has 0 radical (unpaired) electrons. The lowest BCUT2D eigenvalue weighted by atomic mass is 9.94. The third-order valence-electron chi connectivity index (χ3n) is 4.59. The van der Waals surface area contributed by atoms with Crippen molar-refractivity contribution in [2.24, 2.45) is 0 Å². The van der Waals surface area contributed by atoms with E-state index in [-0.39, 0.29) is 28.9 Å². The summed E-state index contributed by atoms with van der Waals surface area (Å²) in [6.45, 7) is 6.02. The molecule has 0 bridgehead atoms. The molecule has 0 atom stereocenters. The molecule has 150 valence electrons. The topological polar surface area (TPSA) is 113 Å². The molecule has 0 fully saturated rings. The maximum absolute atomic E-state index is 12.5. The normalized spacial score (nSPS) is 10.9. The Balaban J connectivity index is 2.26. The Labute approximate surface area is 168 Å². The number of hydrogen-bond acceptors (Lipinski definition) is 6. The van der Waals surface area contributed by atoms with Crippen LogP contribution in [0.25, 0.3) is 22.5 Å². The maximum atomic E-state index is 12.5. The Hall–Kier alpha value is -3.61. The van der Waals surface area contributed by atoms with Crippen LogP contribution >= 0.6 is 0 Å². The number of phenolic OH excluding ortho intramolecular Hbond substituents is 2. The van der Waals surface area contributed by atoms with Gasteiger partial charge in [0.2, 0.25) is 0 Å². The number of benzene rings is 2. The van der Waals surface area contributed by atoms with E-state index in [1.54, 1.807) is 37.3 Å². The fraction of sp³-hybridized carbons (Fsp3) is 0.227. The molecule has 7 nitrogen and oxygen atoms in total. The first kappa shape index (κ1) is 20.1. The fourth-order valence-electron chi connectivity index (χ4n) is 3.11. The number of carbonyl (C=O) groups excluding carboxylic acids is 2. The van der Waals surface area contributed by atoms with Crippen LogP contribution in [0.5, 0.6) is 11.5 Å². The Morgan fingerprint density at radius 2 is 1.86 bits per heavy atom. The Morgan fingerprint density at radius 1 is 1.17 bits per heavy atom. The lowest BCUT2D eigenvalue weighted by molar-refractivity contribution is 0.0947. The van der Waals surface area contributed by atoms with E-state index in [9.17, 15) is 19.8 Å². The zero-order chi connectivity index (χ0) is 21.1. The maximum Gasteiger partial charge on any atom is 0.274 e. The second-order valence-corrected chi connectivity index (χ2v) is 6.92. The lowest BCUT2D eigenvalue weighted by Crippen LogP contribution is -2.23. The van der Waals surface area contributed by atoms with E-state index in [0.29, 0.717) is 34.4 Å². The molecular weight excluding hydrogens is 372 g/mol. The molecule has 0 aliphatic heterocycles. The van der Waals surface area contributed by atoms with Gasteiger partial charge in [-0.2, -0.15) is 0 Å². The molecule has 0 aliphatic carbocycles. The highest BCUT2D eigenvalue weighted by Gasteiger charge is 2.26. The van der Waals surface area contributed by atoms with Gasteiger partial charge in [0.1, 0.15) is 17.8 Å². The van der Waals surface area contributed by atoms with Crippen LogP contribution in [0.15, 0.2) is 40.9 Å². The molecule has 2 aromatic carbocycles. The molecule has 0 spiro atoms. The average Bonchev–Trinajstić information content (AvgIpc) is 3.13. The predicted octanol–water partition coefficient (Wildman–Crippen LogP) is 4.11. The van der Waals surface area contributed by atoms with Crippen molar-refractivity contribution in [3.63, 3.8) is 0 Å². The molecular formula is C22H22N2O5. The van der Waals surface area contributed by atoms with Gasteiger partial charge < -0.3 is 20.1 Å². The zero-order valence-corrected chi connectivity index (χ0v) is 16.4. The lowest BCUT2D eigenvalue weighted by Gasteiger charge is -2.12. The summed E-state index contributed by atoms with van der Waals surface area (Å²) in [5.74, 6) is -0.447. The number of hydrogen-bond donors (Lipinski definition) is 3. The van der Waals surface area contributed by atoms with Gasteiger partial charge in [-0.15, -0.1) is 0 Å². The molecule has 0 aliphatic rings. The fourth-order valence-corrected chi connectivity index (χ4v) is 3.11. The predicted molar refractivity (Wildman–Crippen MR) is 108 cm³/mol. The van der Waals surface area contributed by atoms with Crippen molar-refractivity contribution in [3.8, 4) is 33.9 Å². The third kappa shape index (κ3) is 3.85. The van der Waals surface area contributed by atoms with E-state index in [1.165, 1.54) is 6.07 Å². The third-order valence-corrected chi connectivity index (χ3v) is 4.59. The van der Waals surface area contributed by atoms with Gasteiger partial charge in [0.15, 0.2) is 11.5 Å². The smallest absolute Gasteiger partial charge is 0.274 e. The van der Waals surface area contributed by atoms with Crippen molar-refractivity contribution < 1.29 is 24.3 Å². The van der Waals surface area contributed by atoms with Crippen molar-refractivity contribution in [3.05, 3.63) is 53.2 Å². The van der Waals surface area contributed by atoms with E-state index in [2.05, 4.69) is 10.5 Å². The Morgan fingerprint density at radius 3 is 2.45 bits per heavy atom. The van der Waals surface area contributed by atoms with Gasteiger partial charge in [-0.25, -0.2) is 0 Å². The van der Waals surface area contributed by atoms with Gasteiger partial charge in [-0.1, -0.05) is 43.3 Å². The van der Waals surface area contributed by atoms with Crippen LogP contribution < -0.4 is 5.32 Å². The zero-order valence-electron chi connectivity index (χ0n) is 16.4. The van der Waals surface area contributed by atoms with Crippen LogP contribution in [0.4, 0.5) is 0 Å². The van der Waals surface area contributed by atoms with Crippen molar-refractivity contribution in [2.45, 2.75) is 26.7 Å². The Kier molecular flexibility index (Phi) is 5.68. The van der Waals surface area contributed by atoms with Gasteiger partial charge in [0.25, 0.3) is 5.91 Å². The summed E-state index contributed by atoms with van der Waals surface area (Å²) in [5.41, 5.74) is 2.48. The number of carbonyl (C=O) groups is 2. The van der Waals surface area contributed by atoms with Crippen LogP contribution in [0.3, 0.4) is 0 Å². The molecule has 0 saturated heterocycles. The number of nitrogens with one attached hydrogen (secondary N) is 1. The quantitative estimate of drug-likeness (QED) is 0.543. The second-order valence-electron chi connectivity index (χ2n) is 6.92. The van der Waals surface area contributed by atoms with E-state index in [4.69, 9.17) is 4.52 Å². The van der Waals surface area contributed by atoms with E-state index < -0.39 is 5.91 Å². The number of aromatic nitrogens is 1. The van der Waals surface area contributed by atoms with Gasteiger partial charge in [-0.3, -0.25) is 9.59 Å². The molecule has 0 saturated carbocycles. The van der Waals surface area contributed by atoms with Crippen molar-refractivity contribution in [1.82, 2.24) is 10.5 Å². The molecule has 1 aromatic heterocycles. The number of rotatable bonds is 6. The number of nitrogens with zero attached hydrogens (tertiary/aromatic N) is 1. The molecule has 7 heteroatoms. The largest absolute Gasteiger partial charge is 0.508 e. The summed E-state index contributed by atoms with van der Waals surface area (Å²) >= 11 is 0. The SMILES string of the molecule is CCNC(=O)c1noc(-c2cc(C(C)C)c(O)cc2O)c1-c1ccc(C=O)cc1. The van der Waals surface area contributed by atoms with E-state index >= 15 is 0 Å². The standard InChI is InChI=1S/C22H22N2O5/c1-4-23-22(28)20-19(14-7-5-13(11-25)6-8-14)21(29-24-20)16-9-15(12(2)3)17(26)10-18(16)27/h5-12,26-27H,4H2,1-3H3,(H,23,28). The molecule has 3 rings (SSSR count). The molecule has 3 N–H and O–H groups in total. The summed E-state index contributed by atoms with van der Waals surface area (Å²) < 4.78 is 5.49. The average molecular weight is 394 g/mol. The summed E-state index contributed by atoms with van der Waals surface area (Å²) in [5, 5.41) is 27.2. The molecule has 1 heterocycles. The van der Waals surface area contributed by atoms with Gasteiger partial charge in [0.05, 0.1) is 11.1 Å². The number of aromatic hydroxyl groups is 2. The first-order chi connectivity index (χ1) is 13.9. The second kappa shape index (κ2) is 8.18. The highest BCUT2D eigenvalue weighted by atomic mass is 16.5.